The molecular weight excluding hydrogens is 266 g/mol. The number of hydrogen-bond acceptors (Lipinski definition) is 4. The fourth-order valence-corrected chi connectivity index (χ4v) is 2.95. The first-order valence-electron chi connectivity index (χ1n) is 7.30. The molecule has 5 heteroatoms. The van der Waals surface area contributed by atoms with Crippen LogP contribution in [0.15, 0.2) is 34.9 Å². The van der Waals surface area contributed by atoms with E-state index in [0.717, 1.165) is 54.6 Å². The summed E-state index contributed by atoms with van der Waals surface area (Å²) in [4.78, 5) is 9.26. The summed E-state index contributed by atoms with van der Waals surface area (Å²) < 4.78 is 13.5. The van der Waals surface area contributed by atoms with Crippen LogP contribution in [0.5, 0.6) is 0 Å². The molecule has 5 nitrogen and oxygen atoms in total. The lowest BCUT2D eigenvalue weighted by molar-refractivity contribution is 0.0707. The topological polar surface area (TPSA) is 53.1 Å². The molecule has 0 N–H and O–H groups in total. The zero-order valence-corrected chi connectivity index (χ0v) is 12.0. The fraction of sp³-hybridized carbons (Fsp3) is 0.375. The molecule has 4 rings (SSSR count). The van der Waals surface area contributed by atoms with Crippen molar-refractivity contribution in [1.29, 1.82) is 0 Å². The Morgan fingerprint density at radius 1 is 1.19 bits per heavy atom. The van der Waals surface area contributed by atoms with E-state index in [-0.39, 0.29) is 0 Å². The Hall–Kier alpha value is -2.14. The minimum absolute atomic E-state index is 0.360. The summed E-state index contributed by atoms with van der Waals surface area (Å²) in [7, 11) is 0. The van der Waals surface area contributed by atoms with E-state index in [1.54, 1.807) is 0 Å². The van der Waals surface area contributed by atoms with Crippen molar-refractivity contribution in [2.24, 2.45) is 0 Å². The summed E-state index contributed by atoms with van der Waals surface area (Å²) in [5.74, 6) is 2.56. The molecule has 4 heterocycles. The SMILES string of the molecule is Cc1ccc(-c2nc3cccnc3n2C2CCOCC2)o1. The number of imidazole rings is 1. The third-order valence-electron chi connectivity index (χ3n) is 3.97. The molecule has 0 radical (unpaired) electrons. The number of aryl methyl sites for hydroxylation is 1. The van der Waals surface area contributed by atoms with Gasteiger partial charge in [-0.25, -0.2) is 9.97 Å². The predicted octanol–water partition coefficient (Wildman–Crippen LogP) is 3.35. The maximum absolute atomic E-state index is 5.79. The van der Waals surface area contributed by atoms with Crippen LogP contribution >= 0.6 is 0 Å². The third-order valence-corrected chi connectivity index (χ3v) is 3.97. The quantitative estimate of drug-likeness (QED) is 0.723. The average Bonchev–Trinajstić information content (AvgIpc) is 3.11. The molecule has 1 aliphatic rings. The molecular formula is C16H17N3O2. The molecule has 0 aromatic carbocycles. The van der Waals surface area contributed by atoms with Gasteiger partial charge in [0, 0.05) is 25.5 Å². The molecule has 108 valence electrons. The Morgan fingerprint density at radius 2 is 2.05 bits per heavy atom. The normalized spacial score (nSPS) is 16.6. The van der Waals surface area contributed by atoms with Gasteiger partial charge >= 0.3 is 0 Å². The largest absolute Gasteiger partial charge is 0.458 e. The highest BCUT2D eigenvalue weighted by molar-refractivity contribution is 5.76. The van der Waals surface area contributed by atoms with E-state index in [9.17, 15) is 0 Å². The van der Waals surface area contributed by atoms with Crippen molar-refractivity contribution in [3.8, 4) is 11.6 Å². The highest BCUT2D eigenvalue weighted by Crippen LogP contribution is 2.32. The van der Waals surface area contributed by atoms with Crippen molar-refractivity contribution in [3.63, 3.8) is 0 Å². The van der Waals surface area contributed by atoms with Gasteiger partial charge in [0.2, 0.25) is 0 Å². The van der Waals surface area contributed by atoms with E-state index in [4.69, 9.17) is 14.1 Å². The van der Waals surface area contributed by atoms with E-state index in [1.807, 2.05) is 37.4 Å². The van der Waals surface area contributed by atoms with E-state index < -0.39 is 0 Å². The number of aromatic nitrogens is 3. The lowest BCUT2D eigenvalue weighted by Gasteiger charge is -2.24. The number of hydrogen-bond donors (Lipinski definition) is 0. The van der Waals surface area contributed by atoms with Gasteiger partial charge in [0.05, 0.1) is 0 Å². The number of rotatable bonds is 2. The Bertz CT molecular complexity index is 769. The highest BCUT2D eigenvalue weighted by atomic mass is 16.5. The van der Waals surface area contributed by atoms with Crippen LogP contribution in [0.1, 0.15) is 24.6 Å². The van der Waals surface area contributed by atoms with Crippen molar-refractivity contribution < 1.29 is 9.15 Å². The highest BCUT2D eigenvalue weighted by Gasteiger charge is 2.24. The maximum atomic E-state index is 5.79. The van der Waals surface area contributed by atoms with Crippen molar-refractivity contribution in [1.82, 2.24) is 14.5 Å². The van der Waals surface area contributed by atoms with Crippen molar-refractivity contribution in [2.45, 2.75) is 25.8 Å². The summed E-state index contributed by atoms with van der Waals surface area (Å²) in [6, 6.07) is 8.22. The van der Waals surface area contributed by atoms with Gasteiger partial charge in [-0.05, 0) is 44.0 Å². The molecule has 1 fully saturated rings. The first kappa shape index (κ1) is 12.6. The number of pyridine rings is 1. The molecule has 1 saturated heterocycles. The van der Waals surface area contributed by atoms with Crippen LogP contribution in [-0.4, -0.2) is 27.7 Å². The fourth-order valence-electron chi connectivity index (χ4n) is 2.95. The molecule has 0 spiro atoms. The summed E-state index contributed by atoms with van der Waals surface area (Å²) in [6.45, 7) is 3.52. The molecule has 0 aliphatic carbocycles. The summed E-state index contributed by atoms with van der Waals surface area (Å²) in [5.41, 5.74) is 1.83. The molecule has 0 amide bonds. The first-order valence-corrected chi connectivity index (χ1v) is 7.30. The van der Waals surface area contributed by atoms with Crippen molar-refractivity contribution in [3.05, 3.63) is 36.2 Å². The smallest absolute Gasteiger partial charge is 0.178 e. The summed E-state index contributed by atoms with van der Waals surface area (Å²) in [6.07, 6.45) is 3.78. The van der Waals surface area contributed by atoms with Crippen LogP contribution in [0, 0.1) is 6.92 Å². The van der Waals surface area contributed by atoms with Gasteiger partial charge in [0.1, 0.15) is 11.3 Å². The average molecular weight is 283 g/mol. The van der Waals surface area contributed by atoms with Gasteiger partial charge in [0.25, 0.3) is 0 Å². The lowest BCUT2D eigenvalue weighted by Crippen LogP contribution is -2.20. The molecule has 3 aromatic heterocycles. The van der Waals surface area contributed by atoms with E-state index in [0.29, 0.717) is 6.04 Å². The van der Waals surface area contributed by atoms with Crippen LogP contribution in [-0.2, 0) is 4.74 Å². The minimum atomic E-state index is 0.360. The molecule has 0 saturated carbocycles. The van der Waals surface area contributed by atoms with E-state index in [2.05, 4.69) is 9.55 Å². The number of furan rings is 1. The second kappa shape index (κ2) is 5.00. The molecule has 0 bridgehead atoms. The monoisotopic (exact) mass is 283 g/mol. The zero-order chi connectivity index (χ0) is 14.2. The van der Waals surface area contributed by atoms with Crippen LogP contribution in [0.2, 0.25) is 0 Å². The Balaban J connectivity index is 1.92. The molecule has 0 unspecified atom stereocenters. The van der Waals surface area contributed by atoms with E-state index in [1.165, 1.54) is 0 Å². The summed E-state index contributed by atoms with van der Waals surface area (Å²) in [5, 5.41) is 0. The van der Waals surface area contributed by atoms with Crippen molar-refractivity contribution >= 4 is 11.2 Å². The van der Waals surface area contributed by atoms with Gasteiger partial charge in [-0.1, -0.05) is 0 Å². The predicted molar refractivity (Wildman–Crippen MR) is 79.1 cm³/mol. The third kappa shape index (κ3) is 2.14. The summed E-state index contributed by atoms with van der Waals surface area (Å²) >= 11 is 0. The second-order valence-corrected chi connectivity index (χ2v) is 5.41. The van der Waals surface area contributed by atoms with Crippen LogP contribution < -0.4 is 0 Å². The number of ether oxygens (including phenoxy) is 1. The Morgan fingerprint density at radius 3 is 2.81 bits per heavy atom. The molecule has 3 aromatic rings. The van der Waals surface area contributed by atoms with Gasteiger partial charge in [0.15, 0.2) is 17.2 Å². The second-order valence-electron chi connectivity index (χ2n) is 5.41. The van der Waals surface area contributed by atoms with Crippen LogP contribution in [0.4, 0.5) is 0 Å². The van der Waals surface area contributed by atoms with Crippen molar-refractivity contribution in [2.75, 3.05) is 13.2 Å². The van der Waals surface area contributed by atoms with Crippen LogP contribution in [0.3, 0.4) is 0 Å². The minimum Gasteiger partial charge on any atom is -0.458 e. The lowest BCUT2D eigenvalue weighted by atomic mass is 10.1. The standard InChI is InChI=1S/C16H17N3O2/c1-11-4-5-14(21-11)16-18-13-3-2-8-17-15(13)19(16)12-6-9-20-10-7-12/h2-5,8,12H,6-7,9-10H2,1H3. The Labute approximate surface area is 122 Å². The molecule has 0 atom stereocenters. The number of fused-ring (bicyclic) bond motifs is 1. The van der Waals surface area contributed by atoms with Gasteiger partial charge in [-0.3, -0.25) is 0 Å². The molecule has 21 heavy (non-hydrogen) atoms. The van der Waals surface area contributed by atoms with Gasteiger partial charge in [-0.2, -0.15) is 0 Å². The Kier molecular flexibility index (Phi) is 3.00. The first-order chi connectivity index (χ1) is 10.3. The van der Waals surface area contributed by atoms with Gasteiger partial charge < -0.3 is 13.7 Å². The van der Waals surface area contributed by atoms with Crippen LogP contribution in [0.25, 0.3) is 22.7 Å². The molecule has 1 aliphatic heterocycles. The maximum Gasteiger partial charge on any atom is 0.178 e. The zero-order valence-electron chi connectivity index (χ0n) is 12.0. The number of nitrogens with zero attached hydrogens (tertiary/aromatic N) is 3. The van der Waals surface area contributed by atoms with Gasteiger partial charge in [-0.15, -0.1) is 0 Å². The van der Waals surface area contributed by atoms with E-state index >= 15 is 0 Å².